The normalized spacial score (nSPS) is 11.5. The van der Waals surface area contributed by atoms with Gasteiger partial charge < -0.3 is 5.32 Å². The largest absolute Gasteiger partial charge is 0.405 e. The first-order chi connectivity index (χ1) is 9.78. The van der Waals surface area contributed by atoms with Gasteiger partial charge in [-0.25, -0.2) is 9.07 Å². The minimum Gasteiger partial charge on any atom is -0.343 e. The maximum absolute atomic E-state index is 12.8. The second kappa shape index (κ2) is 5.55. The quantitative estimate of drug-likeness (QED) is 0.886. The average Bonchev–Trinajstić information content (AvgIpc) is 2.78. The van der Waals surface area contributed by atoms with Crippen LogP contribution in [0, 0.1) is 12.7 Å². The lowest BCUT2D eigenvalue weighted by atomic mass is 10.2. The van der Waals surface area contributed by atoms with Crippen molar-refractivity contribution in [3.63, 3.8) is 0 Å². The van der Waals surface area contributed by atoms with Gasteiger partial charge in [0.05, 0.1) is 23.1 Å². The Labute approximate surface area is 117 Å². The molecule has 8 heteroatoms. The molecule has 1 N–H and O–H groups in total. The number of alkyl halides is 3. The molecule has 0 aliphatic carbocycles. The summed E-state index contributed by atoms with van der Waals surface area (Å²) in [6.45, 7) is 0.131. The van der Waals surface area contributed by atoms with E-state index < -0.39 is 24.4 Å². The number of halogens is 4. The molecule has 112 valence electrons. The topological polar surface area (TPSA) is 46.9 Å². The van der Waals surface area contributed by atoms with Crippen LogP contribution in [-0.4, -0.2) is 28.4 Å². The van der Waals surface area contributed by atoms with Crippen LogP contribution in [-0.2, 0) is 0 Å². The van der Waals surface area contributed by atoms with E-state index in [1.807, 2.05) is 0 Å². The van der Waals surface area contributed by atoms with Crippen molar-refractivity contribution in [2.45, 2.75) is 13.1 Å². The molecule has 2 rings (SSSR count). The predicted molar refractivity (Wildman–Crippen MR) is 66.6 cm³/mol. The summed E-state index contributed by atoms with van der Waals surface area (Å²) >= 11 is 0. The number of aromatic nitrogens is 2. The second-order valence-corrected chi connectivity index (χ2v) is 4.33. The van der Waals surface area contributed by atoms with E-state index in [0.717, 1.165) is 0 Å². The highest BCUT2D eigenvalue weighted by Crippen LogP contribution is 2.16. The zero-order chi connectivity index (χ0) is 15.6. The van der Waals surface area contributed by atoms with E-state index in [1.165, 1.54) is 35.1 Å². The first-order valence-corrected chi connectivity index (χ1v) is 5.93. The first kappa shape index (κ1) is 15.0. The van der Waals surface area contributed by atoms with Crippen LogP contribution in [0.25, 0.3) is 5.69 Å². The van der Waals surface area contributed by atoms with E-state index in [1.54, 1.807) is 12.2 Å². The van der Waals surface area contributed by atoms with Crippen molar-refractivity contribution in [2.24, 2.45) is 0 Å². The monoisotopic (exact) mass is 301 g/mol. The number of carbonyl (C=O) groups excluding carboxylic acids is 1. The molecule has 1 aromatic carbocycles. The Bertz CT molecular complexity index is 646. The highest BCUT2D eigenvalue weighted by atomic mass is 19.4. The molecular weight excluding hydrogens is 290 g/mol. The third kappa shape index (κ3) is 3.59. The predicted octanol–water partition coefficient (Wildman–Crippen LogP) is 2.61. The van der Waals surface area contributed by atoms with Crippen molar-refractivity contribution in [3.05, 3.63) is 47.5 Å². The zero-order valence-electron chi connectivity index (χ0n) is 10.9. The van der Waals surface area contributed by atoms with Gasteiger partial charge >= 0.3 is 6.18 Å². The summed E-state index contributed by atoms with van der Waals surface area (Å²) < 4.78 is 50.4. The highest BCUT2D eigenvalue weighted by Gasteiger charge is 2.28. The Morgan fingerprint density at radius 3 is 2.48 bits per heavy atom. The number of nitrogens with zero attached hydrogens (tertiary/aromatic N) is 2. The van der Waals surface area contributed by atoms with Crippen molar-refractivity contribution in [2.75, 3.05) is 6.54 Å². The van der Waals surface area contributed by atoms with Gasteiger partial charge in [0.15, 0.2) is 0 Å². The Hall–Kier alpha value is -2.38. The Morgan fingerprint density at radius 1 is 1.29 bits per heavy atom. The number of hydrogen-bond acceptors (Lipinski definition) is 2. The Morgan fingerprint density at radius 2 is 1.90 bits per heavy atom. The lowest BCUT2D eigenvalue weighted by molar-refractivity contribution is -0.123. The van der Waals surface area contributed by atoms with E-state index in [9.17, 15) is 22.4 Å². The number of nitrogens with one attached hydrogen (secondary N) is 1. The van der Waals surface area contributed by atoms with Crippen molar-refractivity contribution in [1.82, 2.24) is 15.1 Å². The van der Waals surface area contributed by atoms with Crippen molar-refractivity contribution in [3.8, 4) is 5.69 Å². The van der Waals surface area contributed by atoms with Gasteiger partial charge in [0.2, 0.25) is 0 Å². The molecule has 0 aliphatic heterocycles. The van der Waals surface area contributed by atoms with Crippen LogP contribution in [0.1, 0.15) is 16.1 Å². The molecule has 0 radical (unpaired) electrons. The van der Waals surface area contributed by atoms with Gasteiger partial charge in [-0.15, -0.1) is 0 Å². The van der Waals surface area contributed by atoms with Crippen LogP contribution in [0.5, 0.6) is 0 Å². The standard InChI is InChI=1S/C13H11F4N3O/c1-8-11(12(21)18-7-13(15,16)17)6-19-20(8)10-4-2-9(14)3-5-10/h2-6H,7H2,1H3,(H,18,21). The number of benzene rings is 1. The molecule has 2 aromatic rings. The van der Waals surface area contributed by atoms with E-state index in [4.69, 9.17) is 0 Å². The van der Waals surface area contributed by atoms with Gasteiger partial charge in [0.1, 0.15) is 12.4 Å². The van der Waals surface area contributed by atoms with Crippen molar-refractivity contribution < 1.29 is 22.4 Å². The fraction of sp³-hybridized carbons (Fsp3) is 0.231. The maximum atomic E-state index is 12.8. The number of amides is 1. The fourth-order valence-corrected chi connectivity index (χ4v) is 1.75. The minimum atomic E-state index is -4.48. The zero-order valence-corrected chi connectivity index (χ0v) is 10.9. The number of hydrogen-bond donors (Lipinski definition) is 1. The molecule has 4 nitrogen and oxygen atoms in total. The summed E-state index contributed by atoms with van der Waals surface area (Å²) in [6.07, 6.45) is -3.30. The van der Waals surface area contributed by atoms with Crippen molar-refractivity contribution in [1.29, 1.82) is 0 Å². The van der Waals surface area contributed by atoms with Gasteiger partial charge in [-0.3, -0.25) is 4.79 Å². The van der Waals surface area contributed by atoms with E-state index >= 15 is 0 Å². The molecule has 0 saturated carbocycles. The van der Waals surface area contributed by atoms with Gasteiger partial charge in [-0.2, -0.15) is 18.3 Å². The lowest BCUT2D eigenvalue weighted by Gasteiger charge is -2.08. The second-order valence-electron chi connectivity index (χ2n) is 4.33. The minimum absolute atomic E-state index is 0.0311. The molecule has 1 heterocycles. The molecule has 1 aromatic heterocycles. The number of carbonyl (C=O) groups is 1. The Balaban J connectivity index is 2.20. The molecule has 0 aliphatic rings. The molecule has 0 unspecified atom stereocenters. The molecular formula is C13H11F4N3O. The SMILES string of the molecule is Cc1c(C(=O)NCC(F)(F)F)cnn1-c1ccc(F)cc1. The summed E-state index contributed by atoms with van der Waals surface area (Å²) in [5, 5.41) is 5.71. The smallest absolute Gasteiger partial charge is 0.343 e. The highest BCUT2D eigenvalue weighted by molar-refractivity contribution is 5.95. The summed E-state index contributed by atoms with van der Waals surface area (Å²) in [6, 6.07) is 5.35. The van der Waals surface area contributed by atoms with Crippen molar-refractivity contribution >= 4 is 5.91 Å². The van der Waals surface area contributed by atoms with Crippen LogP contribution in [0.2, 0.25) is 0 Å². The molecule has 21 heavy (non-hydrogen) atoms. The van der Waals surface area contributed by atoms with Crippen LogP contribution in [0.15, 0.2) is 30.5 Å². The molecule has 0 saturated heterocycles. The Kier molecular flexibility index (Phi) is 3.97. The summed E-state index contributed by atoms with van der Waals surface area (Å²) in [5.74, 6) is -1.29. The fourth-order valence-electron chi connectivity index (χ4n) is 1.75. The first-order valence-electron chi connectivity index (χ1n) is 5.93. The molecule has 1 amide bonds. The summed E-state index contributed by atoms with van der Waals surface area (Å²) in [7, 11) is 0. The lowest BCUT2D eigenvalue weighted by Crippen LogP contribution is -2.33. The van der Waals surface area contributed by atoms with E-state index in [2.05, 4.69) is 5.10 Å². The summed E-state index contributed by atoms with van der Waals surface area (Å²) in [5.41, 5.74) is 0.897. The van der Waals surface area contributed by atoms with E-state index in [0.29, 0.717) is 11.4 Å². The average molecular weight is 301 g/mol. The van der Waals surface area contributed by atoms with Crippen LogP contribution in [0.3, 0.4) is 0 Å². The van der Waals surface area contributed by atoms with Crippen LogP contribution >= 0.6 is 0 Å². The molecule has 0 fully saturated rings. The summed E-state index contributed by atoms with van der Waals surface area (Å²) in [4.78, 5) is 11.7. The van der Waals surface area contributed by atoms with Crippen LogP contribution in [0.4, 0.5) is 17.6 Å². The molecule has 0 atom stereocenters. The molecule has 0 bridgehead atoms. The van der Waals surface area contributed by atoms with Crippen LogP contribution < -0.4 is 5.32 Å². The van der Waals surface area contributed by atoms with E-state index in [-0.39, 0.29) is 5.56 Å². The van der Waals surface area contributed by atoms with Gasteiger partial charge in [-0.05, 0) is 31.2 Å². The van der Waals surface area contributed by atoms with Gasteiger partial charge in [-0.1, -0.05) is 0 Å². The maximum Gasteiger partial charge on any atom is 0.405 e. The third-order valence-corrected chi connectivity index (χ3v) is 2.78. The molecule has 0 spiro atoms. The van der Waals surface area contributed by atoms with Gasteiger partial charge in [0.25, 0.3) is 5.91 Å². The number of rotatable bonds is 3. The third-order valence-electron chi connectivity index (χ3n) is 2.78. The van der Waals surface area contributed by atoms with Gasteiger partial charge in [0, 0.05) is 0 Å².